The summed E-state index contributed by atoms with van der Waals surface area (Å²) in [6.45, 7) is 3.07. The van der Waals surface area contributed by atoms with Crippen molar-refractivity contribution in [1.82, 2.24) is 0 Å². The van der Waals surface area contributed by atoms with Crippen LogP contribution in [-0.4, -0.2) is 31.4 Å². The molecule has 5 heteroatoms. The monoisotopic (exact) mass is 186 g/mol. The highest BCUT2D eigenvalue weighted by molar-refractivity contribution is 6.51. The smallest absolute Gasteiger partial charge is 0.471 e. The second-order valence-corrected chi connectivity index (χ2v) is 3.20. The average Bonchev–Trinajstić information content (AvgIpc) is 2.57. The fourth-order valence-electron chi connectivity index (χ4n) is 1.41. The molecule has 0 aliphatic carbocycles. The minimum absolute atomic E-state index is 0.498. The van der Waals surface area contributed by atoms with Crippen LogP contribution in [0.1, 0.15) is 26.2 Å². The van der Waals surface area contributed by atoms with Crippen molar-refractivity contribution < 1.29 is 19.2 Å². The van der Waals surface area contributed by atoms with Gasteiger partial charge in [-0.25, -0.2) is 0 Å². The zero-order chi connectivity index (χ0) is 9.68. The Morgan fingerprint density at radius 2 is 2.15 bits per heavy atom. The standard InChI is InChI=1S/C8H15BO4/c1-2-3-4-7(8(10)11)9-12-5-6-13-9/h7H,2-6H2,1H3,(H,10,11). The molecule has 1 heterocycles. The predicted octanol–water partition coefficient (Wildman–Crippen LogP) is 1.17. The second kappa shape index (κ2) is 5.24. The molecule has 1 aliphatic rings. The van der Waals surface area contributed by atoms with Crippen molar-refractivity contribution in [1.29, 1.82) is 0 Å². The molecule has 0 bridgehead atoms. The van der Waals surface area contributed by atoms with Crippen molar-refractivity contribution in [2.75, 3.05) is 13.2 Å². The quantitative estimate of drug-likeness (QED) is 0.654. The van der Waals surface area contributed by atoms with Crippen molar-refractivity contribution in [2.45, 2.75) is 32.0 Å². The summed E-state index contributed by atoms with van der Waals surface area (Å²) < 4.78 is 10.3. The van der Waals surface area contributed by atoms with E-state index in [0.717, 1.165) is 12.8 Å². The summed E-state index contributed by atoms with van der Waals surface area (Å²) in [7, 11) is -0.524. The highest BCUT2D eigenvalue weighted by Gasteiger charge is 2.38. The number of hydrogen-bond donors (Lipinski definition) is 1. The Labute approximate surface area is 78.4 Å². The third-order valence-corrected chi connectivity index (χ3v) is 2.16. The molecule has 1 aliphatic heterocycles. The molecule has 1 rings (SSSR count). The van der Waals surface area contributed by atoms with E-state index in [1.807, 2.05) is 6.92 Å². The Morgan fingerprint density at radius 1 is 1.54 bits per heavy atom. The first kappa shape index (κ1) is 10.5. The lowest BCUT2D eigenvalue weighted by Gasteiger charge is -2.12. The van der Waals surface area contributed by atoms with Gasteiger partial charge in [-0.15, -0.1) is 0 Å². The molecule has 1 fully saturated rings. The van der Waals surface area contributed by atoms with E-state index in [9.17, 15) is 4.79 Å². The second-order valence-electron chi connectivity index (χ2n) is 3.20. The van der Waals surface area contributed by atoms with Crippen LogP contribution < -0.4 is 0 Å². The first-order valence-corrected chi connectivity index (χ1v) is 4.71. The molecule has 0 aromatic carbocycles. The largest absolute Gasteiger partial charge is 0.481 e. The maximum Gasteiger partial charge on any atom is 0.471 e. The van der Waals surface area contributed by atoms with Gasteiger partial charge in [-0.3, -0.25) is 4.79 Å². The van der Waals surface area contributed by atoms with Crippen molar-refractivity contribution >= 4 is 13.1 Å². The Kier molecular flexibility index (Phi) is 4.25. The maximum absolute atomic E-state index is 10.8. The van der Waals surface area contributed by atoms with Gasteiger partial charge in [-0.2, -0.15) is 0 Å². The summed E-state index contributed by atoms with van der Waals surface area (Å²) in [6.07, 6.45) is 2.53. The first-order valence-electron chi connectivity index (χ1n) is 4.71. The highest BCUT2D eigenvalue weighted by Crippen LogP contribution is 2.22. The molecule has 13 heavy (non-hydrogen) atoms. The summed E-state index contributed by atoms with van der Waals surface area (Å²) in [5.74, 6) is -1.32. The summed E-state index contributed by atoms with van der Waals surface area (Å²) >= 11 is 0. The summed E-state index contributed by atoms with van der Waals surface area (Å²) in [4.78, 5) is 10.8. The van der Waals surface area contributed by atoms with E-state index in [0.29, 0.717) is 19.6 Å². The van der Waals surface area contributed by atoms with Crippen molar-refractivity contribution in [3.05, 3.63) is 0 Å². The lowest BCUT2D eigenvalue weighted by molar-refractivity contribution is -0.137. The van der Waals surface area contributed by atoms with Gasteiger partial charge >= 0.3 is 13.1 Å². The van der Waals surface area contributed by atoms with Crippen LogP contribution >= 0.6 is 0 Å². The molecule has 0 saturated carbocycles. The van der Waals surface area contributed by atoms with Crippen LogP contribution in [-0.2, 0) is 14.1 Å². The number of carboxylic acid groups (broad SMARTS) is 1. The van der Waals surface area contributed by atoms with Gasteiger partial charge < -0.3 is 14.4 Å². The molecule has 0 amide bonds. The van der Waals surface area contributed by atoms with E-state index in [2.05, 4.69) is 0 Å². The van der Waals surface area contributed by atoms with Gasteiger partial charge in [0.1, 0.15) is 0 Å². The predicted molar refractivity (Wildman–Crippen MR) is 48.6 cm³/mol. The van der Waals surface area contributed by atoms with Gasteiger partial charge in [0.05, 0.1) is 19.0 Å². The fourth-order valence-corrected chi connectivity index (χ4v) is 1.41. The normalized spacial score (nSPS) is 19.0. The van der Waals surface area contributed by atoms with Crippen LogP contribution in [0.3, 0.4) is 0 Å². The van der Waals surface area contributed by atoms with Crippen molar-refractivity contribution in [2.24, 2.45) is 0 Å². The molecule has 0 aromatic heterocycles. The minimum Gasteiger partial charge on any atom is -0.481 e. The molecule has 74 valence electrons. The zero-order valence-corrected chi connectivity index (χ0v) is 7.86. The molecule has 0 radical (unpaired) electrons. The fraction of sp³-hybridized carbons (Fsp3) is 0.875. The number of unbranched alkanes of at least 4 members (excludes halogenated alkanes) is 1. The van der Waals surface area contributed by atoms with E-state index < -0.39 is 18.9 Å². The first-order chi connectivity index (χ1) is 6.25. The van der Waals surface area contributed by atoms with Gasteiger partial charge in [0.25, 0.3) is 0 Å². The summed E-state index contributed by atoms with van der Waals surface area (Å²) in [5.41, 5.74) is 0. The molecule has 0 aromatic rings. The molecule has 1 unspecified atom stereocenters. The minimum atomic E-state index is -0.819. The lowest BCUT2D eigenvalue weighted by atomic mass is 9.69. The molecular formula is C8H15BO4. The van der Waals surface area contributed by atoms with Crippen LogP contribution in [0.2, 0.25) is 5.82 Å². The van der Waals surface area contributed by atoms with Gasteiger partial charge in [0.2, 0.25) is 0 Å². The Morgan fingerprint density at radius 3 is 2.62 bits per heavy atom. The summed E-state index contributed by atoms with van der Waals surface area (Å²) in [5, 5.41) is 8.90. The van der Waals surface area contributed by atoms with E-state index in [-0.39, 0.29) is 0 Å². The number of carboxylic acids is 1. The van der Waals surface area contributed by atoms with E-state index in [4.69, 9.17) is 14.4 Å². The Bertz CT molecular complexity index is 168. The maximum atomic E-state index is 10.8. The Balaban J connectivity index is 2.40. The van der Waals surface area contributed by atoms with E-state index in [1.165, 1.54) is 0 Å². The van der Waals surface area contributed by atoms with Crippen LogP contribution in [0.5, 0.6) is 0 Å². The van der Waals surface area contributed by atoms with Crippen molar-refractivity contribution in [3.63, 3.8) is 0 Å². The number of rotatable bonds is 5. The van der Waals surface area contributed by atoms with Gasteiger partial charge in [-0.05, 0) is 6.42 Å². The van der Waals surface area contributed by atoms with Crippen molar-refractivity contribution in [3.8, 4) is 0 Å². The third-order valence-electron chi connectivity index (χ3n) is 2.16. The molecule has 1 N–H and O–H groups in total. The number of aliphatic carboxylic acids is 1. The molecule has 1 saturated heterocycles. The SMILES string of the molecule is CCCCC(B1OCCO1)C(=O)O. The summed E-state index contributed by atoms with van der Waals surface area (Å²) in [6, 6.07) is 0. The molecule has 4 nitrogen and oxygen atoms in total. The lowest BCUT2D eigenvalue weighted by Crippen LogP contribution is -2.28. The number of hydrogen-bond acceptors (Lipinski definition) is 3. The van der Waals surface area contributed by atoms with Gasteiger partial charge in [0, 0.05) is 0 Å². The van der Waals surface area contributed by atoms with Crippen LogP contribution in [0.4, 0.5) is 0 Å². The number of carbonyl (C=O) groups is 1. The Hall–Kier alpha value is -0.545. The van der Waals surface area contributed by atoms with E-state index >= 15 is 0 Å². The third kappa shape index (κ3) is 3.01. The molecule has 0 spiro atoms. The van der Waals surface area contributed by atoms with Gasteiger partial charge in [-0.1, -0.05) is 19.8 Å². The zero-order valence-electron chi connectivity index (χ0n) is 7.86. The highest BCUT2D eigenvalue weighted by atomic mass is 16.6. The average molecular weight is 186 g/mol. The molecule has 1 atom stereocenters. The van der Waals surface area contributed by atoms with Crippen LogP contribution in [0, 0.1) is 0 Å². The molecular weight excluding hydrogens is 171 g/mol. The van der Waals surface area contributed by atoms with E-state index in [1.54, 1.807) is 0 Å². The van der Waals surface area contributed by atoms with Crippen LogP contribution in [0.15, 0.2) is 0 Å². The topological polar surface area (TPSA) is 55.8 Å². The van der Waals surface area contributed by atoms with Gasteiger partial charge in [0.15, 0.2) is 0 Å². The van der Waals surface area contributed by atoms with Crippen LogP contribution in [0.25, 0.3) is 0 Å².